The average molecular weight is 269 g/mol. The van der Waals surface area contributed by atoms with Gasteiger partial charge in [-0.05, 0) is 19.1 Å². The Morgan fingerprint density at radius 3 is 2.32 bits per heavy atom. The molecule has 0 saturated carbocycles. The van der Waals surface area contributed by atoms with Crippen LogP contribution in [-0.2, 0) is 4.79 Å². The Balaban J connectivity index is 2.50. The number of aliphatic hydroxyl groups is 2. The number of hydrogen-bond acceptors (Lipinski definition) is 5. The van der Waals surface area contributed by atoms with E-state index in [0.717, 1.165) is 0 Å². The molecule has 0 heterocycles. The Kier molecular flexibility index (Phi) is 6.70. The van der Waals surface area contributed by atoms with E-state index in [4.69, 9.17) is 19.7 Å². The van der Waals surface area contributed by atoms with Gasteiger partial charge in [-0.25, -0.2) is 0 Å². The topological polar surface area (TPSA) is 88.0 Å². The van der Waals surface area contributed by atoms with Crippen LogP contribution in [0.5, 0.6) is 11.5 Å². The number of carbonyl (C=O) groups is 1. The lowest BCUT2D eigenvalue weighted by Crippen LogP contribution is -2.42. The number of para-hydroxylation sites is 2. The molecule has 0 unspecified atom stereocenters. The summed E-state index contributed by atoms with van der Waals surface area (Å²) in [6.45, 7) is 1.51. The minimum atomic E-state index is -0.668. The Hall–Kier alpha value is -1.79. The monoisotopic (exact) mass is 269 g/mol. The van der Waals surface area contributed by atoms with Crippen LogP contribution in [0.15, 0.2) is 24.3 Å². The van der Waals surface area contributed by atoms with Crippen molar-refractivity contribution in [2.45, 2.75) is 13.0 Å². The van der Waals surface area contributed by atoms with E-state index < -0.39 is 11.9 Å². The molecule has 0 aromatic heterocycles. The van der Waals surface area contributed by atoms with Crippen molar-refractivity contribution in [3.8, 4) is 11.5 Å². The summed E-state index contributed by atoms with van der Waals surface area (Å²) in [4.78, 5) is 11.5. The zero-order chi connectivity index (χ0) is 14.1. The van der Waals surface area contributed by atoms with E-state index in [-0.39, 0.29) is 19.8 Å². The van der Waals surface area contributed by atoms with Crippen molar-refractivity contribution in [2.75, 3.05) is 26.4 Å². The van der Waals surface area contributed by atoms with E-state index in [2.05, 4.69) is 5.32 Å². The number of hydrogen-bond donors (Lipinski definition) is 3. The maximum Gasteiger partial charge on any atom is 0.258 e. The highest BCUT2D eigenvalue weighted by Crippen LogP contribution is 2.26. The fourth-order valence-electron chi connectivity index (χ4n) is 1.41. The Labute approximate surface area is 112 Å². The highest BCUT2D eigenvalue weighted by atomic mass is 16.5. The van der Waals surface area contributed by atoms with Gasteiger partial charge in [0.1, 0.15) is 0 Å². The molecule has 0 fully saturated rings. The van der Waals surface area contributed by atoms with Crippen molar-refractivity contribution in [3.05, 3.63) is 24.3 Å². The lowest BCUT2D eigenvalue weighted by Gasteiger charge is -2.15. The van der Waals surface area contributed by atoms with E-state index in [9.17, 15) is 4.79 Å². The first kappa shape index (κ1) is 15.3. The van der Waals surface area contributed by atoms with Gasteiger partial charge in [0.15, 0.2) is 18.1 Å². The molecule has 1 rings (SSSR count). The summed E-state index contributed by atoms with van der Waals surface area (Å²) in [7, 11) is 0. The van der Waals surface area contributed by atoms with Crippen LogP contribution in [-0.4, -0.2) is 48.6 Å². The van der Waals surface area contributed by atoms with Crippen molar-refractivity contribution >= 4 is 5.91 Å². The quantitative estimate of drug-likeness (QED) is 0.615. The molecule has 1 amide bonds. The molecule has 0 radical (unpaired) electrons. The van der Waals surface area contributed by atoms with Gasteiger partial charge in [0.05, 0.1) is 25.9 Å². The highest BCUT2D eigenvalue weighted by Gasteiger charge is 2.11. The molecular weight excluding hydrogens is 250 g/mol. The molecule has 0 bridgehead atoms. The molecule has 0 saturated heterocycles. The van der Waals surface area contributed by atoms with Crippen LogP contribution >= 0.6 is 0 Å². The van der Waals surface area contributed by atoms with Crippen LogP contribution in [0, 0.1) is 0 Å². The van der Waals surface area contributed by atoms with Crippen LogP contribution < -0.4 is 14.8 Å². The third-order valence-electron chi connectivity index (χ3n) is 2.31. The summed E-state index contributed by atoms with van der Waals surface area (Å²) in [6.07, 6.45) is 0. The second-order valence-electron chi connectivity index (χ2n) is 3.80. The van der Waals surface area contributed by atoms with Crippen LogP contribution in [0.4, 0.5) is 0 Å². The molecule has 19 heavy (non-hydrogen) atoms. The van der Waals surface area contributed by atoms with Gasteiger partial charge < -0.3 is 25.0 Å². The Morgan fingerprint density at radius 1 is 1.21 bits per heavy atom. The van der Waals surface area contributed by atoms with Gasteiger partial charge in [0.25, 0.3) is 5.91 Å². The molecule has 3 N–H and O–H groups in total. The normalized spacial score (nSPS) is 10.3. The number of carbonyl (C=O) groups excluding carboxylic acids is 1. The van der Waals surface area contributed by atoms with Crippen LogP contribution in [0.3, 0.4) is 0 Å². The van der Waals surface area contributed by atoms with Crippen LogP contribution in [0.25, 0.3) is 0 Å². The third kappa shape index (κ3) is 5.15. The molecule has 106 valence electrons. The predicted molar refractivity (Wildman–Crippen MR) is 69.2 cm³/mol. The standard InChI is InChI=1S/C13H19NO5/c1-2-18-11-5-3-4-6-12(11)19-9-13(17)14-10(7-15)8-16/h3-6,10,15-16H,2,7-9H2,1H3,(H,14,17). The SMILES string of the molecule is CCOc1ccccc1OCC(=O)NC(CO)CO. The van der Waals surface area contributed by atoms with Crippen LogP contribution in [0.1, 0.15) is 6.92 Å². The van der Waals surface area contributed by atoms with Crippen molar-refractivity contribution in [1.82, 2.24) is 5.32 Å². The number of aliphatic hydroxyl groups excluding tert-OH is 2. The van der Waals surface area contributed by atoms with Gasteiger partial charge in [-0.3, -0.25) is 4.79 Å². The van der Waals surface area contributed by atoms with E-state index in [0.29, 0.717) is 18.1 Å². The van der Waals surface area contributed by atoms with Crippen molar-refractivity contribution in [2.24, 2.45) is 0 Å². The van der Waals surface area contributed by atoms with Gasteiger partial charge in [-0.15, -0.1) is 0 Å². The van der Waals surface area contributed by atoms with Crippen molar-refractivity contribution < 1.29 is 24.5 Å². The molecule has 0 spiro atoms. The molecule has 6 heteroatoms. The second-order valence-corrected chi connectivity index (χ2v) is 3.80. The van der Waals surface area contributed by atoms with E-state index in [1.54, 1.807) is 18.2 Å². The number of nitrogens with one attached hydrogen (secondary N) is 1. The average Bonchev–Trinajstić information content (AvgIpc) is 2.44. The molecule has 0 aliphatic carbocycles. The van der Waals surface area contributed by atoms with E-state index >= 15 is 0 Å². The molecule has 1 aromatic carbocycles. The van der Waals surface area contributed by atoms with Gasteiger partial charge in [-0.1, -0.05) is 12.1 Å². The fraction of sp³-hybridized carbons (Fsp3) is 0.462. The first-order chi connectivity index (χ1) is 9.21. The summed E-state index contributed by atoms with van der Waals surface area (Å²) < 4.78 is 10.7. The second kappa shape index (κ2) is 8.34. The molecule has 1 aromatic rings. The predicted octanol–water partition coefficient (Wildman–Crippen LogP) is -0.0665. The summed E-state index contributed by atoms with van der Waals surface area (Å²) in [6, 6.07) is 6.37. The zero-order valence-electron chi connectivity index (χ0n) is 10.8. The Morgan fingerprint density at radius 2 is 1.79 bits per heavy atom. The zero-order valence-corrected chi connectivity index (χ0v) is 10.8. The smallest absolute Gasteiger partial charge is 0.258 e. The van der Waals surface area contributed by atoms with E-state index in [1.165, 1.54) is 0 Å². The van der Waals surface area contributed by atoms with Gasteiger partial charge in [0.2, 0.25) is 0 Å². The fourth-order valence-corrected chi connectivity index (χ4v) is 1.41. The summed E-state index contributed by atoms with van der Waals surface area (Å²) in [5.74, 6) is 0.627. The van der Waals surface area contributed by atoms with Gasteiger partial charge in [0, 0.05) is 0 Å². The van der Waals surface area contributed by atoms with Gasteiger partial charge >= 0.3 is 0 Å². The Bertz CT molecular complexity index is 392. The van der Waals surface area contributed by atoms with Crippen LogP contribution in [0.2, 0.25) is 0 Å². The molecule has 6 nitrogen and oxygen atoms in total. The number of amides is 1. The maximum atomic E-state index is 11.5. The van der Waals surface area contributed by atoms with Crippen molar-refractivity contribution in [3.63, 3.8) is 0 Å². The van der Waals surface area contributed by atoms with Gasteiger partial charge in [-0.2, -0.15) is 0 Å². The summed E-state index contributed by atoms with van der Waals surface area (Å²) in [5, 5.41) is 20.1. The summed E-state index contributed by atoms with van der Waals surface area (Å²) in [5.41, 5.74) is 0. The highest BCUT2D eigenvalue weighted by molar-refractivity contribution is 5.77. The maximum absolute atomic E-state index is 11.5. The number of ether oxygens (including phenoxy) is 2. The molecule has 0 aliphatic rings. The minimum Gasteiger partial charge on any atom is -0.490 e. The summed E-state index contributed by atoms with van der Waals surface area (Å²) >= 11 is 0. The molecule has 0 aliphatic heterocycles. The lowest BCUT2D eigenvalue weighted by atomic mass is 10.3. The largest absolute Gasteiger partial charge is 0.490 e. The first-order valence-electron chi connectivity index (χ1n) is 6.07. The minimum absolute atomic E-state index is 0.208. The first-order valence-corrected chi connectivity index (χ1v) is 6.07. The number of benzene rings is 1. The molecule has 0 atom stereocenters. The lowest BCUT2D eigenvalue weighted by molar-refractivity contribution is -0.124. The number of rotatable bonds is 8. The molecular formula is C13H19NO5. The third-order valence-corrected chi connectivity index (χ3v) is 2.31. The van der Waals surface area contributed by atoms with E-state index in [1.807, 2.05) is 13.0 Å². The van der Waals surface area contributed by atoms with Crippen molar-refractivity contribution in [1.29, 1.82) is 0 Å².